The molecule has 0 radical (unpaired) electrons. The highest BCUT2D eigenvalue weighted by atomic mass is 15.0. The van der Waals surface area contributed by atoms with Crippen molar-refractivity contribution in [2.24, 2.45) is 0 Å². The van der Waals surface area contributed by atoms with E-state index in [1.54, 1.807) is 0 Å². The minimum atomic E-state index is 0.625. The molecule has 11 aromatic rings. The third-order valence-electron chi connectivity index (χ3n) is 11.8. The lowest BCUT2D eigenvalue weighted by Gasteiger charge is -2.13. The van der Waals surface area contributed by atoms with Crippen molar-refractivity contribution in [3.63, 3.8) is 0 Å². The van der Waals surface area contributed by atoms with Crippen LogP contribution in [0.15, 0.2) is 237 Å². The SMILES string of the molecule is c1ccc(-c2ccc(-c3nc(-c4ccc(-c5ccc(-c6ccccc6)c6ccccc56)cc4)nc(-c4ccc(-c5ccc(-c6ccccc6)c6ccccc56)cc4)n3)cc2)cc1. The van der Waals surface area contributed by atoms with Crippen LogP contribution in [0.1, 0.15) is 0 Å². The monoisotopic (exact) mass is 789 g/mol. The normalized spacial score (nSPS) is 11.2. The van der Waals surface area contributed by atoms with Gasteiger partial charge in [0.2, 0.25) is 0 Å². The van der Waals surface area contributed by atoms with Gasteiger partial charge in [-0.2, -0.15) is 0 Å². The van der Waals surface area contributed by atoms with Crippen LogP contribution in [-0.2, 0) is 0 Å². The number of aromatic nitrogens is 3. The molecule has 0 aliphatic rings. The molecule has 0 saturated heterocycles. The van der Waals surface area contributed by atoms with Gasteiger partial charge in [-0.3, -0.25) is 0 Å². The summed E-state index contributed by atoms with van der Waals surface area (Å²) in [5.74, 6) is 1.88. The van der Waals surface area contributed by atoms with Gasteiger partial charge in [0.15, 0.2) is 17.5 Å². The second kappa shape index (κ2) is 16.1. The molecule has 0 amide bonds. The fourth-order valence-corrected chi connectivity index (χ4v) is 8.64. The zero-order valence-corrected chi connectivity index (χ0v) is 33.9. The second-order valence-corrected chi connectivity index (χ2v) is 15.5. The van der Waals surface area contributed by atoms with Gasteiger partial charge in [-0.05, 0) is 77.2 Å². The molecule has 290 valence electrons. The molecule has 0 bridgehead atoms. The van der Waals surface area contributed by atoms with Crippen LogP contribution in [0.3, 0.4) is 0 Å². The van der Waals surface area contributed by atoms with Crippen molar-refractivity contribution in [3.05, 3.63) is 237 Å². The summed E-state index contributed by atoms with van der Waals surface area (Å²) >= 11 is 0. The average Bonchev–Trinajstić information content (AvgIpc) is 3.36. The lowest BCUT2D eigenvalue weighted by Crippen LogP contribution is -2.00. The lowest BCUT2D eigenvalue weighted by atomic mass is 9.92. The van der Waals surface area contributed by atoms with Crippen molar-refractivity contribution < 1.29 is 0 Å². The van der Waals surface area contributed by atoms with E-state index in [2.05, 4.69) is 231 Å². The number of fused-ring (bicyclic) bond motifs is 2. The maximum absolute atomic E-state index is 5.14. The Bertz CT molecular complexity index is 3160. The van der Waals surface area contributed by atoms with Crippen LogP contribution in [0.5, 0.6) is 0 Å². The Balaban J connectivity index is 0.974. The molecule has 10 aromatic carbocycles. The first-order valence-corrected chi connectivity index (χ1v) is 21.0. The van der Waals surface area contributed by atoms with Gasteiger partial charge in [-0.15, -0.1) is 0 Å². The number of benzene rings is 10. The summed E-state index contributed by atoms with van der Waals surface area (Å²) < 4.78 is 0. The van der Waals surface area contributed by atoms with Crippen molar-refractivity contribution in [1.82, 2.24) is 15.0 Å². The first-order valence-electron chi connectivity index (χ1n) is 21.0. The van der Waals surface area contributed by atoms with Gasteiger partial charge >= 0.3 is 0 Å². The highest BCUT2D eigenvalue weighted by molar-refractivity contribution is 6.06. The van der Waals surface area contributed by atoms with E-state index in [1.165, 1.54) is 60.5 Å². The van der Waals surface area contributed by atoms with E-state index < -0.39 is 0 Å². The molecule has 0 spiro atoms. The first kappa shape index (κ1) is 36.8. The summed E-state index contributed by atoms with van der Waals surface area (Å²) in [7, 11) is 0. The Labute approximate surface area is 361 Å². The molecule has 0 fully saturated rings. The van der Waals surface area contributed by atoms with Gasteiger partial charge in [0.25, 0.3) is 0 Å². The third-order valence-corrected chi connectivity index (χ3v) is 11.8. The Morgan fingerprint density at radius 3 is 0.677 bits per heavy atom. The van der Waals surface area contributed by atoms with Crippen LogP contribution >= 0.6 is 0 Å². The minimum Gasteiger partial charge on any atom is -0.208 e. The van der Waals surface area contributed by atoms with Crippen LogP contribution in [0.25, 0.3) is 111 Å². The Morgan fingerprint density at radius 2 is 0.371 bits per heavy atom. The summed E-state index contributed by atoms with van der Waals surface area (Å²) in [6.45, 7) is 0. The molecule has 0 unspecified atom stereocenters. The number of rotatable bonds is 8. The highest BCUT2D eigenvalue weighted by Gasteiger charge is 2.16. The molecule has 0 atom stereocenters. The minimum absolute atomic E-state index is 0.625. The van der Waals surface area contributed by atoms with Gasteiger partial charge in [-0.1, -0.05) is 237 Å². The first-order chi connectivity index (χ1) is 30.7. The smallest absolute Gasteiger partial charge is 0.164 e. The third kappa shape index (κ3) is 7.02. The molecule has 0 aliphatic carbocycles. The van der Waals surface area contributed by atoms with Crippen LogP contribution in [-0.4, -0.2) is 15.0 Å². The molecule has 0 N–H and O–H groups in total. The van der Waals surface area contributed by atoms with Crippen molar-refractivity contribution >= 4 is 21.5 Å². The average molecular weight is 790 g/mol. The Hall–Kier alpha value is -8.27. The predicted molar refractivity (Wildman–Crippen MR) is 258 cm³/mol. The summed E-state index contributed by atoms with van der Waals surface area (Å²) in [4.78, 5) is 15.4. The largest absolute Gasteiger partial charge is 0.208 e. The topological polar surface area (TPSA) is 38.7 Å². The van der Waals surface area contributed by atoms with Crippen LogP contribution < -0.4 is 0 Å². The number of nitrogens with zero attached hydrogens (tertiary/aromatic N) is 3. The van der Waals surface area contributed by atoms with Gasteiger partial charge in [0.05, 0.1) is 0 Å². The summed E-state index contributed by atoms with van der Waals surface area (Å²) in [6.07, 6.45) is 0. The summed E-state index contributed by atoms with van der Waals surface area (Å²) in [6, 6.07) is 83.6. The van der Waals surface area contributed by atoms with Crippen LogP contribution in [0.2, 0.25) is 0 Å². The predicted octanol–water partition coefficient (Wildman–Crippen LogP) is 15.5. The van der Waals surface area contributed by atoms with Crippen molar-refractivity contribution in [2.75, 3.05) is 0 Å². The fourth-order valence-electron chi connectivity index (χ4n) is 8.64. The molecule has 1 aromatic heterocycles. The number of hydrogen-bond donors (Lipinski definition) is 0. The maximum atomic E-state index is 5.14. The highest BCUT2D eigenvalue weighted by Crippen LogP contribution is 2.38. The van der Waals surface area contributed by atoms with Crippen molar-refractivity contribution in [1.29, 1.82) is 0 Å². The molecular formula is C59H39N3. The molecular weight excluding hydrogens is 751 g/mol. The van der Waals surface area contributed by atoms with E-state index in [4.69, 9.17) is 15.0 Å². The van der Waals surface area contributed by atoms with E-state index in [1.807, 2.05) is 6.07 Å². The molecule has 0 aliphatic heterocycles. The molecule has 3 heteroatoms. The fraction of sp³-hybridized carbons (Fsp3) is 0. The molecule has 62 heavy (non-hydrogen) atoms. The van der Waals surface area contributed by atoms with Crippen molar-refractivity contribution in [2.45, 2.75) is 0 Å². The quantitative estimate of drug-likeness (QED) is 0.154. The standard InChI is InChI=1S/C59H39N3/c1-4-14-40(15-5-1)41-24-30-46(31-25-41)57-60-58(47-32-26-44(27-33-47)51-38-36-49(42-16-6-2-7-17-42)53-20-10-12-22-55(51)53)62-59(61-57)48-34-28-45(29-35-48)52-39-37-50(43-18-8-3-9-19-43)54-21-11-13-23-56(52)54/h1-39H. The lowest BCUT2D eigenvalue weighted by molar-refractivity contribution is 1.07. The van der Waals surface area contributed by atoms with E-state index in [0.29, 0.717) is 17.5 Å². The number of hydrogen-bond acceptors (Lipinski definition) is 3. The summed E-state index contributed by atoms with van der Waals surface area (Å²) in [5, 5.41) is 4.89. The molecule has 1 heterocycles. The van der Waals surface area contributed by atoms with E-state index >= 15 is 0 Å². The van der Waals surface area contributed by atoms with E-state index in [9.17, 15) is 0 Å². The van der Waals surface area contributed by atoms with Crippen LogP contribution in [0, 0.1) is 0 Å². The van der Waals surface area contributed by atoms with Crippen LogP contribution in [0.4, 0.5) is 0 Å². The van der Waals surface area contributed by atoms with Gasteiger partial charge < -0.3 is 0 Å². The summed E-state index contributed by atoms with van der Waals surface area (Å²) in [5.41, 5.74) is 14.6. The van der Waals surface area contributed by atoms with E-state index in [0.717, 1.165) is 33.4 Å². The van der Waals surface area contributed by atoms with Gasteiger partial charge in [0, 0.05) is 16.7 Å². The van der Waals surface area contributed by atoms with E-state index in [-0.39, 0.29) is 0 Å². The molecule has 0 saturated carbocycles. The second-order valence-electron chi connectivity index (χ2n) is 15.5. The van der Waals surface area contributed by atoms with Gasteiger partial charge in [0.1, 0.15) is 0 Å². The Morgan fingerprint density at radius 1 is 0.161 bits per heavy atom. The zero-order chi connectivity index (χ0) is 41.2. The maximum Gasteiger partial charge on any atom is 0.164 e. The molecule has 11 rings (SSSR count). The molecule has 3 nitrogen and oxygen atoms in total. The zero-order valence-electron chi connectivity index (χ0n) is 33.9. The van der Waals surface area contributed by atoms with Crippen molar-refractivity contribution in [3.8, 4) is 89.8 Å². The van der Waals surface area contributed by atoms with Gasteiger partial charge in [-0.25, -0.2) is 15.0 Å². The Kier molecular flexibility index (Phi) is 9.53.